The Kier molecular flexibility index (Phi) is 8.76. The highest BCUT2D eigenvalue weighted by molar-refractivity contribution is 5.89. The summed E-state index contributed by atoms with van der Waals surface area (Å²) >= 11 is 0. The van der Waals surface area contributed by atoms with Crippen molar-refractivity contribution in [2.24, 2.45) is 17.2 Å². The van der Waals surface area contributed by atoms with Crippen molar-refractivity contribution in [2.45, 2.75) is 37.4 Å². The fourth-order valence-corrected chi connectivity index (χ4v) is 4.14. The molecule has 0 heterocycles. The third kappa shape index (κ3) is 6.62. The molecule has 206 valence electrons. The van der Waals surface area contributed by atoms with Gasteiger partial charge in [-0.15, -0.1) is 0 Å². The molecule has 3 rings (SSSR count). The van der Waals surface area contributed by atoms with E-state index in [2.05, 4.69) is 0 Å². The maximum atomic E-state index is 11.4. The monoisotopic (exact) mass is 539 g/mol. The summed E-state index contributed by atoms with van der Waals surface area (Å²) in [5, 5.41) is 60.7. The minimum atomic E-state index is -1.41. The van der Waals surface area contributed by atoms with Crippen molar-refractivity contribution in [2.75, 3.05) is 0 Å². The summed E-state index contributed by atoms with van der Waals surface area (Å²) in [6.45, 7) is 0. The van der Waals surface area contributed by atoms with Crippen LogP contribution in [0.1, 0.15) is 16.7 Å². The molecule has 3 unspecified atom stereocenters. The lowest BCUT2D eigenvalue weighted by atomic mass is 9.89. The van der Waals surface area contributed by atoms with Gasteiger partial charge in [0.2, 0.25) is 0 Å². The van der Waals surface area contributed by atoms with Gasteiger partial charge in [-0.2, -0.15) is 0 Å². The number of phenols is 3. The average Bonchev–Trinajstić information content (AvgIpc) is 2.87. The second-order valence-corrected chi connectivity index (χ2v) is 9.15. The molecule has 3 aromatic carbocycles. The zero-order valence-electron chi connectivity index (χ0n) is 20.6. The van der Waals surface area contributed by atoms with E-state index in [-0.39, 0.29) is 52.8 Å². The van der Waals surface area contributed by atoms with Crippen LogP contribution in [0.25, 0.3) is 22.3 Å². The van der Waals surface area contributed by atoms with Crippen LogP contribution in [0, 0.1) is 0 Å². The Morgan fingerprint density at radius 2 is 1.18 bits per heavy atom. The number of hydrogen-bond acceptors (Lipinski definition) is 9. The van der Waals surface area contributed by atoms with Crippen LogP contribution in [0.3, 0.4) is 0 Å². The van der Waals surface area contributed by atoms with E-state index in [1.807, 2.05) is 0 Å². The van der Waals surface area contributed by atoms with E-state index in [1.165, 1.54) is 36.4 Å². The maximum absolute atomic E-state index is 11.4. The van der Waals surface area contributed by atoms with Crippen LogP contribution >= 0.6 is 0 Å². The minimum absolute atomic E-state index is 0.00581. The van der Waals surface area contributed by atoms with Crippen LogP contribution in [0.15, 0.2) is 48.5 Å². The van der Waals surface area contributed by atoms with Gasteiger partial charge in [0.05, 0.1) is 5.56 Å². The smallest absolute Gasteiger partial charge is 0.320 e. The second kappa shape index (κ2) is 11.8. The first-order valence-electron chi connectivity index (χ1n) is 11.7. The molecule has 0 aliphatic heterocycles. The van der Waals surface area contributed by atoms with Gasteiger partial charge >= 0.3 is 17.9 Å². The molecule has 0 radical (unpaired) electrons. The predicted octanol–water partition coefficient (Wildman–Crippen LogP) is 1.00. The van der Waals surface area contributed by atoms with E-state index < -0.39 is 47.5 Å². The highest BCUT2D eigenvalue weighted by Crippen LogP contribution is 2.48. The predicted molar refractivity (Wildman–Crippen MR) is 140 cm³/mol. The molecule has 0 saturated heterocycles. The zero-order valence-corrected chi connectivity index (χ0v) is 20.6. The fourth-order valence-electron chi connectivity index (χ4n) is 4.14. The average molecular weight is 540 g/mol. The highest BCUT2D eigenvalue weighted by Gasteiger charge is 2.25. The van der Waals surface area contributed by atoms with Crippen LogP contribution in [0.4, 0.5) is 0 Å². The van der Waals surface area contributed by atoms with Crippen LogP contribution in [0.5, 0.6) is 17.2 Å². The molecule has 0 aliphatic rings. The molecule has 0 amide bonds. The molecule has 12 N–H and O–H groups in total. The van der Waals surface area contributed by atoms with Gasteiger partial charge in [-0.1, -0.05) is 30.3 Å². The minimum Gasteiger partial charge on any atom is -0.507 e. The topological polar surface area (TPSA) is 251 Å². The quantitative estimate of drug-likeness (QED) is 0.165. The van der Waals surface area contributed by atoms with Gasteiger partial charge in [-0.3, -0.25) is 14.4 Å². The molecule has 12 heteroatoms. The van der Waals surface area contributed by atoms with Crippen molar-refractivity contribution < 1.29 is 45.0 Å². The normalized spacial score (nSPS) is 13.4. The number of aliphatic carboxylic acids is 3. The lowest BCUT2D eigenvalue weighted by molar-refractivity contribution is -0.139. The summed E-state index contributed by atoms with van der Waals surface area (Å²) in [6, 6.07) is 7.89. The van der Waals surface area contributed by atoms with Gasteiger partial charge < -0.3 is 47.8 Å². The number of carboxylic acid groups (broad SMARTS) is 3. The van der Waals surface area contributed by atoms with Crippen molar-refractivity contribution in [3.8, 4) is 39.5 Å². The molecule has 0 aromatic heterocycles. The molecule has 0 spiro atoms. The van der Waals surface area contributed by atoms with Gasteiger partial charge in [0.1, 0.15) is 35.4 Å². The van der Waals surface area contributed by atoms with Crippen LogP contribution in [-0.4, -0.2) is 66.7 Å². The fraction of sp³-hybridized carbons (Fsp3) is 0.222. The largest absolute Gasteiger partial charge is 0.507 e. The molecule has 0 bridgehead atoms. The zero-order chi connectivity index (χ0) is 29.0. The summed E-state index contributed by atoms with van der Waals surface area (Å²) in [5.74, 6) is -5.00. The second-order valence-electron chi connectivity index (χ2n) is 9.15. The number of nitrogens with two attached hydrogens (primary N) is 3. The van der Waals surface area contributed by atoms with Crippen molar-refractivity contribution in [1.29, 1.82) is 0 Å². The number of hydrogen-bond donors (Lipinski definition) is 9. The Hall–Kier alpha value is -4.65. The lowest BCUT2D eigenvalue weighted by Gasteiger charge is -2.19. The number of benzene rings is 3. The van der Waals surface area contributed by atoms with E-state index >= 15 is 0 Å². The summed E-state index contributed by atoms with van der Waals surface area (Å²) in [4.78, 5) is 33.9. The number of rotatable bonds is 11. The third-order valence-corrected chi connectivity index (χ3v) is 6.22. The van der Waals surface area contributed by atoms with Gasteiger partial charge in [0, 0.05) is 17.5 Å². The van der Waals surface area contributed by atoms with Gasteiger partial charge in [0.15, 0.2) is 0 Å². The van der Waals surface area contributed by atoms with Crippen LogP contribution in [0.2, 0.25) is 0 Å². The number of carboxylic acids is 3. The Labute approximate surface area is 222 Å². The first-order valence-corrected chi connectivity index (χ1v) is 11.7. The van der Waals surface area contributed by atoms with E-state index in [4.69, 9.17) is 27.4 Å². The van der Waals surface area contributed by atoms with Gasteiger partial charge in [0.25, 0.3) is 0 Å². The first-order chi connectivity index (χ1) is 18.3. The molecule has 12 nitrogen and oxygen atoms in total. The Balaban J connectivity index is 2.24. The lowest BCUT2D eigenvalue weighted by Crippen LogP contribution is -2.32. The Morgan fingerprint density at radius 1 is 0.641 bits per heavy atom. The summed E-state index contributed by atoms with van der Waals surface area (Å²) in [7, 11) is 0. The van der Waals surface area contributed by atoms with Crippen molar-refractivity contribution in [3.63, 3.8) is 0 Å². The van der Waals surface area contributed by atoms with E-state index in [9.17, 15) is 34.8 Å². The highest BCUT2D eigenvalue weighted by atomic mass is 16.4. The molecule has 0 aliphatic carbocycles. The molecule has 0 fully saturated rings. The van der Waals surface area contributed by atoms with Gasteiger partial charge in [-0.05, 0) is 53.3 Å². The number of aromatic hydroxyl groups is 3. The Bertz CT molecular complexity index is 1420. The van der Waals surface area contributed by atoms with Crippen LogP contribution < -0.4 is 17.2 Å². The Morgan fingerprint density at radius 3 is 1.74 bits per heavy atom. The standard InChI is InChI=1S/C27H29N3O9/c28-18(25(34)35)8-12-2-1-3-14(6-12)22-23(32)15(11-20(30)27(38)39)10-17(24(22)33)16-7-13(4-5-21(16)31)9-19(29)26(36)37/h1-7,10,18-20,31-33H,8-9,11,28-30H2,(H,34,35)(H,36,37)(H,38,39). The van der Waals surface area contributed by atoms with Crippen molar-refractivity contribution in [1.82, 2.24) is 0 Å². The summed E-state index contributed by atoms with van der Waals surface area (Å²) in [5.41, 5.74) is 18.2. The van der Waals surface area contributed by atoms with Crippen molar-refractivity contribution >= 4 is 17.9 Å². The maximum Gasteiger partial charge on any atom is 0.320 e. The molecule has 3 aromatic rings. The van der Waals surface area contributed by atoms with E-state index in [0.717, 1.165) is 0 Å². The van der Waals surface area contributed by atoms with Gasteiger partial charge in [-0.25, -0.2) is 0 Å². The molecular weight excluding hydrogens is 510 g/mol. The van der Waals surface area contributed by atoms with Crippen LogP contribution in [-0.2, 0) is 33.6 Å². The first kappa shape index (κ1) is 28.9. The SMILES string of the molecule is NC(Cc1cccc(-c2c(O)c(CC(N)C(=O)O)cc(-c3cc(CC(N)C(=O)O)ccc3O)c2O)c1)C(=O)O. The molecule has 3 atom stereocenters. The summed E-state index contributed by atoms with van der Waals surface area (Å²) in [6.07, 6.45) is -0.472. The van der Waals surface area contributed by atoms with E-state index in [1.54, 1.807) is 12.1 Å². The number of phenolic OH excluding ortho intramolecular Hbond substituents is 3. The number of carbonyl (C=O) groups is 3. The summed E-state index contributed by atoms with van der Waals surface area (Å²) < 4.78 is 0. The third-order valence-electron chi connectivity index (χ3n) is 6.22. The molecular formula is C27H29N3O9. The van der Waals surface area contributed by atoms with E-state index in [0.29, 0.717) is 11.1 Å². The molecule has 39 heavy (non-hydrogen) atoms. The van der Waals surface area contributed by atoms with Crippen molar-refractivity contribution in [3.05, 3.63) is 65.2 Å². The molecule has 0 saturated carbocycles.